The summed E-state index contributed by atoms with van der Waals surface area (Å²) in [7, 11) is 3.06. The summed E-state index contributed by atoms with van der Waals surface area (Å²) in [5.74, 6) is 0.677. The monoisotopic (exact) mass is 304 g/mol. The van der Waals surface area contributed by atoms with Gasteiger partial charge in [-0.25, -0.2) is 4.39 Å². The highest BCUT2D eigenvalue weighted by atomic mass is 19.1. The number of benzene rings is 1. The smallest absolute Gasteiger partial charge is 0.276 e. The topological polar surface area (TPSA) is 55.6 Å². The van der Waals surface area contributed by atoms with Crippen molar-refractivity contribution in [2.45, 2.75) is 25.3 Å². The van der Waals surface area contributed by atoms with E-state index >= 15 is 0 Å². The molecule has 0 spiro atoms. The summed E-state index contributed by atoms with van der Waals surface area (Å²) in [6.07, 6.45) is 2.17. The van der Waals surface area contributed by atoms with Gasteiger partial charge in [-0.2, -0.15) is 0 Å². The van der Waals surface area contributed by atoms with Gasteiger partial charge in [-0.15, -0.1) is 0 Å². The zero-order valence-corrected chi connectivity index (χ0v) is 12.5. The molecule has 1 fully saturated rings. The summed E-state index contributed by atoms with van der Waals surface area (Å²) in [4.78, 5) is 13.8. The summed E-state index contributed by atoms with van der Waals surface area (Å²) in [5.41, 5.74) is 0.971. The molecule has 0 aliphatic heterocycles. The fraction of sp³-hybridized carbons (Fsp3) is 0.375. The minimum absolute atomic E-state index is 0.184. The Bertz CT molecular complexity index is 694. The third-order valence-electron chi connectivity index (χ3n) is 3.71. The van der Waals surface area contributed by atoms with Gasteiger partial charge in [0, 0.05) is 25.6 Å². The van der Waals surface area contributed by atoms with Crippen molar-refractivity contribution in [1.29, 1.82) is 0 Å². The maximum Gasteiger partial charge on any atom is 0.276 e. The molecule has 1 aromatic heterocycles. The number of hydrogen-bond acceptors (Lipinski definition) is 4. The predicted octanol–water partition coefficient (Wildman–Crippen LogP) is 2.97. The number of nitrogens with zero attached hydrogens (tertiary/aromatic N) is 2. The van der Waals surface area contributed by atoms with E-state index in [9.17, 15) is 9.18 Å². The molecule has 1 aliphatic rings. The fourth-order valence-electron chi connectivity index (χ4n) is 2.30. The molecule has 2 aromatic rings. The molecule has 1 saturated carbocycles. The Balaban J connectivity index is 1.68. The normalized spacial score (nSPS) is 14.0. The number of rotatable bonds is 5. The molecule has 0 unspecified atom stereocenters. The summed E-state index contributed by atoms with van der Waals surface area (Å²) in [5, 5.41) is 3.82. The molecule has 0 radical (unpaired) electrons. The third-order valence-corrected chi connectivity index (χ3v) is 3.71. The number of carbonyl (C=O) groups excluding carboxylic acids is 1. The maximum atomic E-state index is 13.7. The molecule has 3 rings (SSSR count). The van der Waals surface area contributed by atoms with E-state index in [1.54, 1.807) is 25.2 Å². The zero-order chi connectivity index (χ0) is 15.7. The van der Waals surface area contributed by atoms with Crippen molar-refractivity contribution in [3.63, 3.8) is 0 Å². The average molecular weight is 304 g/mol. The SMILES string of the molecule is COc1ccc(CN(C)C(=O)c2cc(C3CC3)on2)cc1F. The minimum Gasteiger partial charge on any atom is -0.494 e. The first-order valence-electron chi connectivity index (χ1n) is 7.13. The molecule has 0 bridgehead atoms. The van der Waals surface area contributed by atoms with Crippen molar-refractivity contribution in [2.24, 2.45) is 0 Å². The maximum absolute atomic E-state index is 13.7. The van der Waals surface area contributed by atoms with E-state index in [0.717, 1.165) is 18.6 Å². The van der Waals surface area contributed by atoms with Crippen molar-refractivity contribution < 1.29 is 18.4 Å². The molecule has 1 aliphatic carbocycles. The second-order valence-electron chi connectivity index (χ2n) is 5.52. The molecule has 0 N–H and O–H groups in total. The van der Waals surface area contributed by atoms with Crippen LogP contribution in [0.1, 0.15) is 40.6 Å². The van der Waals surface area contributed by atoms with Gasteiger partial charge in [0.05, 0.1) is 7.11 Å². The van der Waals surface area contributed by atoms with Gasteiger partial charge in [0.15, 0.2) is 17.3 Å². The molecule has 6 heteroatoms. The quantitative estimate of drug-likeness (QED) is 0.852. The van der Waals surface area contributed by atoms with Crippen molar-refractivity contribution >= 4 is 5.91 Å². The number of carbonyl (C=O) groups is 1. The van der Waals surface area contributed by atoms with E-state index in [0.29, 0.717) is 17.2 Å². The highest BCUT2D eigenvalue weighted by molar-refractivity contribution is 5.92. The number of halogens is 1. The number of amides is 1. The second-order valence-corrected chi connectivity index (χ2v) is 5.52. The van der Waals surface area contributed by atoms with Crippen molar-refractivity contribution in [1.82, 2.24) is 10.1 Å². The van der Waals surface area contributed by atoms with Crippen LogP contribution < -0.4 is 4.74 Å². The highest BCUT2D eigenvalue weighted by Gasteiger charge is 2.29. The lowest BCUT2D eigenvalue weighted by atomic mass is 10.2. The first kappa shape index (κ1) is 14.6. The third kappa shape index (κ3) is 2.95. The minimum atomic E-state index is -0.446. The number of ether oxygens (including phenoxy) is 1. The van der Waals surface area contributed by atoms with E-state index in [2.05, 4.69) is 5.16 Å². The summed E-state index contributed by atoms with van der Waals surface area (Å²) in [6, 6.07) is 6.33. The van der Waals surface area contributed by atoms with Gasteiger partial charge in [-0.05, 0) is 30.5 Å². The van der Waals surface area contributed by atoms with Crippen LogP contribution in [-0.4, -0.2) is 30.1 Å². The summed E-state index contributed by atoms with van der Waals surface area (Å²) >= 11 is 0. The molecule has 0 atom stereocenters. The van der Waals surface area contributed by atoms with Crippen LogP contribution in [0.25, 0.3) is 0 Å². The van der Waals surface area contributed by atoms with Crippen LogP contribution in [0.2, 0.25) is 0 Å². The number of hydrogen-bond donors (Lipinski definition) is 0. The van der Waals surface area contributed by atoms with Crippen LogP contribution in [0.4, 0.5) is 4.39 Å². The molecule has 0 saturated heterocycles. The standard InChI is InChI=1S/C16H17FN2O3/c1-19(9-10-3-6-14(21-2)12(17)7-10)16(20)13-8-15(22-18-13)11-4-5-11/h3,6-8,11H,4-5,9H2,1-2H3. The van der Waals surface area contributed by atoms with E-state index in [1.807, 2.05) is 0 Å². The molecular weight excluding hydrogens is 287 g/mol. The Morgan fingerprint density at radius 2 is 2.23 bits per heavy atom. The van der Waals surface area contributed by atoms with Gasteiger partial charge in [0.1, 0.15) is 5.76 Å². The van der Waals surface area contributed by atoms with Gasteiger partial charge in [0.2, 0.25) is 0 Å². The Hall–Kier alpha value is -2.37. The first-order valence-corrected chi connectivity index (χ1v) is 7.13. The first-order chi connectivity index (χ1) is 10.6. The van der Waals surface area contributed by atoms with Gasteiger partial charge in [-0.3, -0.25) is 4.79 Å². The molecule has 1 heterocycles. The molecule has 116 valence electrons. The highest BCUT2D eigenvalue weighted by Crippen LogP contribution is 2.40. The summed E-state index contributed by atoms with van der Waals surface area (Å²) < 4.78 is 23.7. The lowest BCUT2D eigenvalue weighted by Crippen LogP contribution is -2.26. The zero-order valence-electron chi connectivity index (χ0n) is 12.5. The van der Waals surface area contributed by atoms with Gasteiger partial charge in [0.25, 0.3) is 5.91 Å². The van der Waals surface area contributed by atoms with Gasteiger partial charge in [-0.1, -0.05) is 11.2 Å². The van der Waals surface area contributed by atoms with Crippen molar-refractivity contribution in [3.05, 3.63) is 47.1 Å². The van der Waals surface area contributed by atoms with E-state index in [1.165, 1.54) is 18.1 Å². The van der Waals surface area contributed by atoms with Crippen molar-refractivity contribution in [3.8, 4) is 5.75 Å². The molecule has 1 aromatic carbocycles. The lowest BCUT2D eigenvalue weighted by molar-refractivity contribution is 0.0774. The van der Waals surface area contributed by atoms with Crippen LogP contribution in [-0.2, 0) is 6.54 Å². The Kier molecular flexibility index (Phi) is 3.83. The molecule has 5 nitrogen and oxygen atoms in total. The van der Waals surface area contributed by atoms with E-state index in [-0.39, 0.29) is 18.2 Å². The lowest BCUT2D eigenvalue weighted by Gasteiger charge is -2.16. The fourth-order valence-corrected chi connectivity index (χ4v) is 2.30. The van der Waals surface area contributed by atoms with Crippen LogP contribution in [0.3, 0.4) is 0 Å². The Morgan fingerprint density at radius 1 is 1.45 bits per heavy atom. The number of methoxy groups -OCH3 is 1. The second kappa shape index (κ2) is 5.79. The largest absolute Gasteiger partial charge is 0.494 e. The van der Waals surface area contributed by atoms with Crippen LogP contribution in [0.5, 0.6) is 5.75 Å². The Labute approximate surface area is 127 Å². The van der Waals surface area contributed by atoms with E-state index < -0.39 is 5.82 Å². The molecule has 1 amide bonds. The van der Waals surface area contributed by atoms with Gasteiger partial charge >= 0.3 is 0 Å². The average Bonchev–Trinajstić information content (AvgIpc) is 3.24. The number of aromatic nitrogens is 1. The van der Waals surface area contributed by atoms with Crippen LogP contribution in [0.15, 0.2) is 28.8 Å². The molecular formula is C16H17FN2O3. The molecule has 22 heavy (non-hydrogen) atoms. The van der Waals surface area contributed by atoms with E-state index in [4.69, 9.17) is 9.26 Å². The Morgan fingerprint density at radius 3 is 2.86 bits per heavy atom. The van der Waals surface area contributed by atoms with Crippen molar-refractivity contribution in [2.75, 3.05) is 14.2 Å². The van der Waals surface area contributed by atoms with Crippen LogP contribution >= 0.6 is 0 Å². The van der Waals surface area contributed by atoms with Gasteiger partial charge < -0.3 is 14.2 Å². The summed E-state index contributed by atoms with van der Waals surface area (Å²) in [6.45, 7) is 0.283. The van der Waals surface area contributed by atoms with Crippen LogP contribution in [0, 0.1) is 5.82 Å². The predicted molar refractivity (Wildman–Crippen MR) is 77.2 cm³/mol.